The number of amides is 2. The van der Waals surface area contributed by atoms with Crippen LogP contribution in [-0.4, -0.2) is 23.0 Å². The van der Waals surface area contributed by atoms with Crippen LogP contribution in [0.5, 0.6) is 0 Å². The van der Waals surface area contributed by atoms with E-state index in [4.69, 9.17) is 5.73 Å². The largest absolute Gasteiger partial charge is 0.386 e. The molecule has 1 aromatic carbocycles. The number of hydrogen-bond donors (Lipinski definition) is 2. The van der Waals surface area contributed by atoms with Crippen LogP contribution in [0.25, 0.3) is 0 Å². The smallest absolute Gasteiger partial charge is 0.240 e. The number of carbonyl (C=O) groups is 2. The molecule has 5 nitrogen and oxygen atoms in total. The van der Waals surface area contributed by atoms with Gasteiger partial charge in [-0.15, -0.1) is 0 Å². The number of benzene rings is 1. The fourth-order valence-electron chi connectivity index (χ4n) is 2.34. The number of primary amides is 1. The Kier molecular flexibility index (Phi) is 3.52. The lowest BCUT2D eigenvalue weighted by atomic mass is 9.97. The molecule has 1 unspecified atom stereocenters. The number of anilines is 1. The number of halogens is 1. The summed E-state index contributed by atoms with van der Waals surface area (Å²) in [7, 11) is 0. The summed E-state index contributed by atoms with van der Waals surface area (Å²) in [5.74, 6) is -1.48. The second-order valence-corrected chi connectivity index (χ2v) is 5.48. The number of nitrogens with two attached hydrogens (primary N) is 1. The second kappa shape index (κ2) is 4.86. The molecule has 0 radical (unpaired) electrons. The highest BCUT2D eigenvalue weighted by molar-refractivity contribution is 6.03. The summed E-state index contributed by atoms with van der Waals surface area (Å²) in [6, 6.07) is 3.10. The average Bonchev–Trinajstić information content (AvgIpc) is 2.69. The van der Waals surface area contributed by atoms with E-state index in [0.29, 0.717) is 12.0 Å². The molecule has 1 aromatic rings. The maximum atomic E-state index is 13.7. The summed E-state index contributed by atoms with van der Waals surface area (Å²) >= 11 is 0. The van der Waals surface area contributed by atoms with E-state index in [9.17, 15) is 19.1 Å². The van der Waals surface area contributed by atoms with Crippen molar-refractivity contribution in [2.45, 2.75) is 38.3 Å². The molecular weight excluding hydrogens is 263 g/mol. The highest BCUT2D eigenvalue weighted by atomic mass is 19.1. The van der Waals surface area contributed by atoms with Crippen LogP contribution in [0, 0.1) is 5.82 Å². The van der Waals surface area contributed by atoms with Crippen LogP contribution in [0.1, 0.15) is 32.3 Å². The molecule has 0 bridgehead atoms. The number of rotatable bonds is 3. The van der Waals surface area contributed by atoms with E-state index in [2.05, 4.69) is 0 Å². The van der Waals surface area contributed by atoms with Gasteiger partial charge >= 0.3 is 0 Å². The quantitative estimate of drug-likeness (QED) is 0.867. The van der Waals surface area contributed by atoms with Crippen molar-refractivity contribution in [2.75, 3.05) is 4.90 Å². The van der Waals surface area contributed by atoms with Gasteiger partial charge in [-0.1, -0.05) is 0 Å². The molecule has 20 heavy (non-hydrogen) atoms. The third-order valence-corrected chi connectivity index (χ3v) is 3.41. The lowest BCUT2D eigenvalue weighted by molar-refractivity contribution is -0.121. The number of carbonyl (C=O) groups excluding carboxylic acids is 2. The molecule has 2 amide bonds. The second-order valence-electron chi connectivity index (χ2n) is 5.48. The van der Waals surface area contributed by atoms with Crippen LogP contribution in [0.4, 0.5) is 10.1 Å². The van der Waals surface area contributed by atoms with Gasteiger partial charge in [-0.05, 0) is 44.0 Å². The van der Waals surface area contributed by atoms with Crippen LogP contribution in [0.3, 0.4) is 0 Å². The molecule has 1 fully saturated rings. The lowest BCUT2D eigenvalue weighted by Gasteiger charge is -2.25. The predicted octanol–water partition coefficient (Wildman–Crippen LogP) is 1.03. The molecule has 2 rings (SSSR count). The maximum absolute atomic E-state index is 13.7. The molecule has 1 heterocycles. The van der Waals surface area contributed by atoms with Gasteiger partial charge in [0.05, 0.1) is 5.60 Å². The van der Waals surface area contributed by atoms with Crippen LogP contribution >= 0.6 is 0 Å². The summed E-state index contributed by atoms with van der Waals surface area (Å²) < 4.78 is 13.7. The zero-order chi connectivity index (χ0) is 15.1. The highest BCUT2D eigenvalue weighted by Gasteiger charge is 2.36. The molecule has 108 valence electrons. The Morgan fingerprint density at radius 3 is 2.65 bits per heavy atom. The van der Waals surface area contributed by atoms with Crippen molar-refractivity contribution in [3.05, 3.63) is 29.6 Å². The molecule has 1 saturated heterocycles. The molecule has 1 aliphatic rings. The Bertz CT molecular complexity index is 566. The zero-order valence-corrected chi connectivity index (χ0v) is 11.4. The van der Waals surface area contributed by atoms with Crippen LogP contribution in [0.15, 0.2) is 18.2 Å². The normalized spacial score (nSPS) is 19.5. The molecule has 0 aromatic heterocycles. The van der Waals surface area contributed by atoms with E-state index >= 15 is 0 Å². The SMILES string of the molecule is CC(C)(O)c1cc(F)cc(N2C(=O)CCC2C(N)=O)c1. The molecule has 0 saturated carbocycles. The van der Waals surface area contributed by atoms with Gasteiger partial charge in [-0.3, -0.25) is 14.5 Å². The highest BCUT2D eigenvalue weighted by Crippen LogP contribution is 2.31. The van der Waals surface area contributed by atoms with Gasteiger partial charge in [0.15, 0.2) is 0 Å². The Morgan fingerprint density at radius 2 is 2.10 bits per heavy atom. The predicted molar refractivity (Wildman–Crippen MR) is 71.3 cm³/mol. The van der Waals surface area contributed by atoms with E-state index in [-0.39, 0.29) is 18.0 Å². The molecule has 1 atom stereocenters. The summed E-state index contributed by atoms with van der Waals surface area (Å²) in [4.78, 5) is 24.5. The van der Waals surface area contributed by atoms with Crippen molar-refractivity contribution < 1.29 is 19.1 Å². The first kappa shape index (κ1) is 14.5. The van der Waals surface area contributed by atoms with Gasteiger partial charge in [0.2, 0.25) is 11.8 Å². The number of nitrogens with zero attached hydrogens (tertiary/aromatic N) is 1. The van der Waals surface area contributed by atoms with Crippen LogP contribution in [0.2, 0.25) is 0 Å². The summed E-state index contributed by atoms with van der Waals surface area (Å²) in [6.45, 7) is 3.03. The minimum atomic E-state index is -1.25. The van der Waals surface area contributed by atoms with Crippen molar-refractivity contribution in [1.29, 1.82) is 0 Å². The first-order chi connectivity index (χ1) is 9.20. The van der Waals surface area contributed by atoms with Gasteiger partial charge in [0.25, 0.3) is 0 Å². The van der Waals surface area contributed by atoms with Crippen molar-refractivity contribution in [3.63, 3.8) is 0 Å². The molecule has 6 heteroatoms. The van der Waals surface area contributed by atoms with Crippen LogP contribution in [-0.2, 0) is 15.2 Å². The maximum Gasteiger partial charge on any atom is 0.240 e. The van der Waals surface area contributed by atoms with Gasteiger partial charge in [-0.25, -0.2) is 4.39 Å². The summed E-state index contributed by atoms with van der Waals surface area (Å²) in [5, 5.41) is 9.96. The van der Waals surface area contributed by atoms with E-state index in [1.165, 1.54) is 30.9 Å². The van der Waals surface area contributed by atoms with Crippen molar-refractivity contribution in [2.24, 2.45) is 5.73 Å². The van der Waals surface area contributed by atoms with Gasteiger partial charge in [0.1, 0.15) is 11.9 Å². The topological polar surface area (TPSA) is 83.6 Å². The fourth-order valence-corrected chi connectivity index (χ4v) is 2.34. The van der Waals surface area contributed by atoms with Crippen LogP contribution < -0.4 is 10.6 Å². The van der Waals surface area contributed by atoms with E-state index in [1.807, 2.05) is 0 Å². The zero-order valence-electron chi connectivity index (χ0n) is 11.4. The minimum Gasteiger partial charge on any atom is -0.386 e. The van der Waals surface area contributed by atoms with E-state index < -0.39 is 23.4 Å². The van der Waals surface area contributed by atoms with Crippen molar-refractivity contribution in [3.8, 4) is 0 Å². The number of hydrogen-bond acceptors (Lipinski definition) is 3. The number of aliphatic hydroxyl groups is 1. The Labute approximate surface area is 116 Å². The lowest BCUT2D eigenvalue weighted by Crippen LogP contribution is -2.42. The monoisotopic (exact) mass is 280 g/mol. The van der Waals surface area contributed by atoms with Crippen molar-refractivity contribution in [1.82, 2.24) is 0 Å². The Balaban J connectivity index is 2.49. The molecule has 0 aliphatic carbocycles. The molecule has 3 N–H and O–H groups in total. The fraction of sp³-hybridized carbons (Fsp3) is 0.429. The van der Waals surface area contributed by atoms with Gasteiger partial charge in [-0.2, -0.15) is 0 Å². The first-order valence-electron chi connectivity index (χ1n) is 6.35. The van der Waals surface area contributed by atoms with E-state index in [0.717, 1.165) is 6.07 Å². The summed E-state index contributed by atoms with van der Waals surface area (Å²) in [6.07, 6.45) is 0.518. The Morgan fingerprint density at radius 1 is 1.45 bits per heavy atom. The van der Waals surface area contributed by atoms with Crippen molar-refractivity contribution >= 4 is 17.5 Å². The first-order valence-corrected chi connectivity index (χ1v) is 6.35. The molecule has 0 spiro atoms. The minimum absolute atomic E-state index is 0.196. The standard InChI is InChI=1S/C14H17FN2O3/c1-14(2,20)8-5-9(15)7-10(6-8)17-11(13(16)19)3-4-12(17)18/h5-7,11,20H,3-4H2,1-2H3,(H2,16,19). The molecule has 1 aliphatic heterocycles. The third kappa shape index (κ3) is 2.65. The molecular formula is C14H17FN2O3. The Hall–Kier alpha value is -1.95. The van der Waals surface area contributed by atoms with Gasteiger partial charge in [0, 0.05) is 12.1 Å². The van der Waals surface area contributed by atoms with Gasteiger partial charge < -0.3 is 10.8 Å². The summed E-state index contributed by atoms with van der Waals surface area (Å²) in [5.41, 5.74) is 4.60. The third-order valence-electron chi connectivity index (χ3n) is 3.41. The average molecular weight is 280 g/mol. The van der Waals surface area contributed by atoms with E-state index in [1.54, 1.807) is 0 Å².